The van der Waals surface area contributed by atoms with Gasteiger partial charge >= 0.3 is 5.97 Å². The fourth-order valence-electron chi connectivity index (χ4n) is 2.23. The summed E-state index contributed by atoms with van der Waals surface area (Å²) in [7, 11) is 0. The van der Waals surface area contributed by atoms with Gasteiger partial charge in [0.1, 0.15) is 0 Å². The molecule has 0 saturated heterocycles. The van der Waals surface area contributed by atoms with Gasteiger partial charge in [-0.05, 0) is 25.7 Å². The molecule has 0 spiro atoms. The van der Waals surface area contributed by atoms with Crippen LogP contribution < -0.4 is 0 Å². The van der Waals surface area contributed by atoms with Crippen LogP contribution in [0.5, 0.6) is 0 Å². The second kappa shape index (κ2) is 3.44. The maximum absolute atomic E-state index is 10.9. The van der Waals surface area contributed by atoms with Crippen molar-refractivity contribution in [2.45, 2.75) is 38.5 Å². The Bertz CT molecular complexity index is 350. The van der Waals surface area contributed by atoms with E-state index in [2.05, 4.69) is 5.16 Å². The van der Waals surface area contributed by atoms with E-state index in [9.17, 15) is 4.79 Å². The van der Waals surface area contributed by atoms with Crippen LogP contribution in [0.4, 0.5) is 0 Å². The summed E-state index contributed by atoms with van der Waals surface area (Å²) in [5.74, 6) is -0.630. The SMILES string of the molecule is Cc1noc(C(=O)O)c1C1CCCC1. The van der Waals surface area contributed by atoms with E-state index in [4.69, 9.17) is 9.63 Å². The first-order chi connectivity index (χ1) is 6.70. The van der Waals surface area contributed by atoms with Crippen LogP contribution in [-0.4, -0.2) is 16.2 Å². The van der Waals surface area contributed by atoms with Crippen molar-refractivity contribution in [1.29, 1.82) is 0 Å². The molecule has 1 aromatic heterocycles. The molecule has 0 atom stereocenters. The summed E-state index contributed by atoms with van der Waals surface area (Å²) in [6.45, 7) is 1.81. The van der Waals surface area contributed by atoms with Gasteiger partial charge in [0, 0.05) is 5.56 Å². The summed E-state index contributed by atoms with van der Waals surface area (Å²) in [5, 5.41) is 12.6. The number of aromatic carboxylic acids is 1. The third-order valence-electron chi connectivity index (χ3n) is 2.87. The van der Waals surface area contributed by atoms with Gasteiger partial charge in [-0.25, -0.2) is 4.79 Å². The zero-order chi connectivity index (χ0) is 10.1. The molecule has 0 bridgehead atoms. The monoisotopic (exact) mass is 195 g/mol. The summed E-state index contributed by atoms with van der Waals surface area (Å²) in [6.07, 6.45) is 4.47. The highest BCUT2D eigenvalue weighted by atomic mass is 16.5. The third kappa shape index (κ3) is 1.41. The van der Waals surface area contributed by atoms with E-state index in [0.717, 1.165) is 24.1 Å². The van der Waals surface area contributed by atoms with Gasteiger partial charge in [0.2, 0.25) is 5.76 Å². The van der Waals surface area contributed by atoms with Gasteiger partial charge in [-0.2, -0.15) is 0 Å². The van der Waals surface area contributed by atoms with Crippen molar-refractivity contribution >= 4 is 5.97 Å². The van der Waals surface area contributed by atoms with Crippen molar-refractivity contribution in [3.05, 3.63) is 17.0 Å². The van der Waals surface area contributed by atoms with E-state index in [0.29, 0.717) is 5.92 Å². The van der Waals surface area contributed by atoms with Crippen LogP contribution >= 0.6 is 0 Å². The average Bonchev–Trinajstić information content (AvgIpc) is 2.71. The summed E-state index contributed by atoms with van der Waals surface area (Å²) >= 11 is 0. The standard InChI is InChI=1S/C10H13NO3/c1-6-8(7-4-2-3-5-7)9(10(12)13)14-11-6/h7H,2-5H2,1H3,(H,12,13). The molecule has 0 amide bonds. The molecule has 1 aromatic rings. The molecule has 4 heteroatoms. The predicted molar refractivity (Wildman–Crippen MR) is 49.4 cm³/mol. The van der Waals surface area contributed by atoms with Crippen LogP contribution in [0, 0.1) is 6.92 Å². The molecule has 1 N–H and O–H groups in total. The fourth-order valence-corrected chi connectivity index (χ4v) is 2.23. The molecule has 2 rings (SSSR count). The number of carboxylic acids is 1. The van der Waals surface area contributed by atoms with E-state index in [1.165, 1.54) is 12.8 Å². The van der Waals surface area contributed by atoms with Crippen molar-refractivity contribution < 1.29 is 14.4 Å². The average molecular weight is 195 g/mol. The largest absolute Gasteiger partial charge is 0.475 e. The minimum absolute atomic E-state index is 0.0365. The number of hydrogen-bond acceptors (Lipinski definition) is 3. The predicted octanol–water partition coefficient (Wildman–Crippen LogP) is 2.34. The lowest BCUT2D eigenvalue weighted by molar-refractivity contribution is 0.0649. The Balaban J connectivity index is 2.38. The van der Waals surface area contributed by atoms with Gasteiger partial charge in [-0.15, -0.1) is 0 Å². The fraction of sp³-hybridized carbons (Fsp3) is 0.600. The van der Waals surface area contributed by atoms with Crippen LogP contribution in [0.15, 0.2) is 4.52 Å². The van der Waals surface area contributed by atoms with Crippen molar-refractivity contribution in [3.8, 4) is 0 Å². The number of nitrogens with zero attached hydrogens (tertiary/aromatic N) is 1. The number of carboxylic acid groups (broad SMARTS) is 1. The Morgan fingerprint density at radius 2 is 2.14 bits per heavy atom. The molecule has 1 heterocycles. The van der Waals surface area contributed by atoms with Crippen molar-refractivity contribution in [2.75, 3.05) is 0 Å². The lowest BCUT2D eigenvalue weighted by Gasteiger charge is -2.06. The van der Waals surface area contributed by atoms with Crippen LogP contribution in [0.1, 0.15) is 53.4 Å². The number of hydrogen-bond donors (Lipinski definition) is 1. The molecular weight excluding hydrogens is 182 g/mol. The Morgan fingerprint density at radius 3 is 2.71 bits per heavy atom. The Morgan fingerprint density at radius 1 is 1.50 bits per heavy atom. The van der Waals surface area contributed by atoms with Gasteiger partial charge in [-0.1, -0.05) is 18.0 Å². The van der Waals surface area contributed by atoms with E-state index in [1.807, 2.05) is 6.92 Å². The molecule has 1 aliphatic carbocycles. The van der Waals surface area contributed by atoms with Gasteiger partial charge < -0.3 is 9.63 Å². The topological polar surface area (TPSA) is 63.3 Å². The smallest absolute Gasteiger partial charge is 0.375 e. The minimum atomic E-state index is -1.01. The molecule has 0 aromatic carbocycles. The van der Waals surface area contributed by atoms with Gasteiger partial charge in [0.15, 0.2) is 0 Å². The quantitative estimate of drug-likeness (QED) is 0.786. The third-order valence-corrected chi connectivity index (χ3v) is 2.87. The molecular formula is C10H13NO3. The highest BCUT2D eigenvalue weighted by Crippen LogP contribution is 2.37. The molecule has 14 heavy (non-hydrogen) atoms. The summed E-state index contributed by atoms with van der Waals surface area (Å²) < 4.78 is 4.82. The summed E-state index contributed by atoms with van der Waals surface area (Å²) in [4.78, 5) is 10.9. The highest BCUT2D eigenvalue weighted by molar-refractivity contribution is 5.86. The van der Waals surface area contributed by atoms with Crippen molar-refractivity contribution in [1.82, 2.24) is 5.16 Å². The summed E-state index contributed by atoms with van der Waals surface area (Å²) in [5.41, 5.74) is 1.55. The van der Waals surface area contributed by atoms with Crippen molar-refractivity contribution in [3.63, 3.8) is 0 Å². The van der Waals surface area contributed by atoms with Gasteiger partial charge in [0.25, 0.3) is 0 Å². The zero-order valence-electron chi connectivity index (χ0n) is 8.12. The molecule has 0 aliphatic heterocycles. The van der Waals surface area contributed by atoms with Crippen molar-refractivity contribution in [2.24, 2.45) is 0 Å². The lowest BCUT2D eigenvalue weighted by Crippen LogP contribution is -2.03. The lowest BCUT2D eigenvalue weighted by atomic mass is 9.96. The molecule has 76 valence electrons. The highest BCUT2D eigenvalue weighted by Gasteiger charge is 2.28. The van der Waals surface area contributed by atoms with E-state index < -0.39 is 5.97 Å². The van der Waals surface area contributed by atoms with Crippen LogP contribution in [-0.2, 0) is 0 Å². The van der Waals surface area contributed by atoms with Crippen LogP contribution in [0.3, 0.4) is 0 Å². The second-order valence-corrected chi connectivity index (χ2v) is 3.80. The first-order valence-electron chi connectivity index (χ1n) is 4.89. The Labute approximate surface area is 81.9 Å². The minimum Gasteiger partial charge on any atom is -0.475 e. The number of rotatable bonds is 2. The van der Waals surface area contributed by atoms with Crippen LogP contribution in [0.25, 0.3) is 0 Å². The molecule has 4 nitrogen and oxygen atoms in total. The number of aromatic nitrogens is 1. The Kier molecular flexibility index (Phi) is 2.27. The van der Waals surface area contributed by atoms with Crippen LogP contribution in [0.2, 0.25) is 0 Å². The van der Waals surface area contributed by atoms with E-state index in [-0.39, 0.29) is 5.76 Å². The number of aryl methyl sites for hydroxylation is 1. The molecule has 1 saturated carbocycles. The Hall–Kier alpha value is -1.32. The molecule has 1 aliphatic rings. The van der Waals surface area contributed by atoms with E-state index >= 15 is 0 Å². The normalized spacial score (nSPS) is 17.5. The molecule has 0 radical (unpaired) electrons. The zero-order valence-corrected chi connectivity index (χ0v) is 8.12. The maximum Gasteiger partial charge on any atom is 0.375 e. The molecule has 0 unspecified atom stereocenters. The first-order valence-corrected chi connectivity index (χ1v) is 4.89. The van der Waals surface area contributed by atoms with E-state index in [1.54, 1.807) is 0 Å². The molecule has 1 fully saturated rings. The summed E-state index contributed by atoms with van der Waals surface area (Å²) in [6, 6.07) is 0. The number of carbonyl (C=O) groups is 1. The van der Waals surface area contributed by atoms with Gasteiger partial charge in [-0.3, -0.25) is 0 Å². The van der Waals surface area contributed by atoms with Gasteiger partial charge in [0.05, 0.1) is 5.69 Å². The first kappa shape index (κ1) is 9.24. The second-order valence-electron chi connectivity index (χ2n) is 3.80. The maximum atomic E-state index is 10.9.